The van der Waals surface area contributed by atoms with E-state index in [1.54, 1.807) is 12.1 Å². The third kappa shape index (κ3) is 93.0. The fourth-order valence-electron chi connectivity index (χ4n) is 1.60. The van der Waals surface area contributed by atoms with E-state index in [2.05, 4.69) is 73.9 Å². The predicted molar refractivity (Wildman–Crippen MR) is 157 cm³/mol. The van der Waals surface area contributed by atoms with Crippen LogP contribution in [0.5, 0.6) is 0 Å². The van der Waals surface area contributed by atoms with Crippen molar-refractivity contribution in [2.75, 3.05) is 72.5 Å². The molecule has 0 saturated carbocycles. The summed E-state index contributed by atoms with van der Waals surface area (Å²) in [4.78, 5) is 8.41. The van der Waals surface area contributed by atoms with E-state index >= 15 is 0 Å². The first-order valence-corrected chi connectivity index (χ1v) is 11.9. The van der Waals surface area contributed by atoms with Crippen molar-refractivity contribution in [1.29, 1.82) is 26.3 Å². The maximum Gasteiger partial charge on any atom is 0.227 e. The van der Waals surface area contributed by atoms with Crippen LogP contribution in [-0.4, -0.2) is 77.4 Å². The summed E-state index contributed by atoms with van der Waals surface area (Å²) in [5.41, 5.74) is 18.5. The second-order valence-corrected chi connectivity index (χ2v) is 6.08. The molecule has 0 heterocycles. The first-order valence-electron chi connectivity index (χ1n) is 11.9. The lowest BCUT2D eigenvalue weighted by Crippen LogP contribution is -2.36. The Labute approximate surface area is 240 Å². The highest BCUT2D eigenvalue weighted by atomic mass is 15.2. The van der Waals surface area contributed by atoms with Crippen molar-refractivity contribution in [2.45, 2.75) is 19.3 Å². The van der Waals surface area contributed by atoms with Crippen molar-refractivity contribution in [2.24, 2.45) is 22.9 Å². The lowest BCUT2D eigenvalue weighted by Gasteiger charge is -2.19. The number of allylic oxidation sites excluding steroid dienone is 2. The molecular formula is C25H45N15. The number of hydrogen-bond donors (Lipinski definition) is 7. The number of nitriles is 5. The van der Waals surface area contributed by atoms with Crippen molar-refractivity contribution in [1.82, 2.24) is 20.9 Å². The summed E-state index contributed by atoms with van der Waals surface area (Å²) in [6, 6.07) is 9.57. The van der Waals surface area contributed by atoms with Crippen LogP contribution in [0.2, 0.25) is 0 Å². The molecule has 0 aliphatic carbocycles. The molecule has 0 saturated heterocycles. The fourth-order valence-corrected chi connectivity index (χ4v) is 1.60. The number of nitrogens with two attached hydrogens (primary N) is 4. The molecule has 0 amide bonds. The Bertz CT molecular complexity index is 740. The van der Waals surface area contributed by atoms with Gasteiger partial charge >= 0.3 is 0 Å². The van der Waals surface area contributed by atoms with E-state index in [0.717, 1.165) is 0 Å². The zero-order valence-electron chi connectivity index (χ0n) is 23.4. The van der Waals surface area contributed by atoms with Gasteiger partial charge in [-0.05, 0) is 0 Å². The minimum Gasteiger partial charge on any atom is -0.319 e. The van der Waals surface area contributed by atoms with Gasteiger partial charge in [-0.1, -0.05) is 13.2 Å². The Balaban J connectivity index is -0.000000100. The van der Waals surface area contributed by atoms with Crippen LogP contribution in [0.15, 0.2) is 25.3 Å². The third-order valence-corrected chi connectivity index (χ3v) is 3.06. The Morgan fingerprint density at radius 3 is 1.35 bits per heavy atom. The highest BCUT2D eigenvalue weighted by molar-refractivity contribution is 4.94. The second kappa shape index (κ2) is 64.5. The van der Waals surface area contributed by atoms with Gasteiger partial charge in [-0.2, -0.15) is 26.3 Å². The van der Waals surface area contributed by atoms with Crippen LogP contribution in [0.3, 0.4) is 0 Å². The van der Waals surface area contributed by atoms with Gasteiger partial charge in [-0.25, -0.2) is 13.1 Å². The molecule has 220 valence electrons. The lowest BCUT2D eigenvalue weighted by molar-refractivity contribution is 0.266. The Hall–Kier alpha value is -4.41. The summed E-state index contributed by atoms with van der Waals surface area (Å²) in [7, 11) is 0. The van der Waals surface area contributed by atoms with Gasteiger partial charge in [0.15, 0.2) is 0 Å². The number of nitrogens with zero attached hydrogens (tertiary/aromatic N) is 8. The molecule has 0 fully saturated rings. The van der Waals surface area contributed by atoms with Crippen molar-refractivity contribution in [3.63, 3.8) is 0 Å². The van der Waals surface area contributed by atoms with E-state index in [0.29, 0.717) is 78.4 Å². The van der Waals surface area contributed by atoms with Gasteiger partial charge in [-0.3, -0.25) is 15.5 Å². The molecule has 0 aromatic rings. The average Bonchev–Trinajstić information content (AvgIpc) is 2.97. The molecule has 0 aromatic carbocycles. The fraction of sp³-hybridized carbons (Fsp3) is 0.560. The van der Waals surface area contributed by atoms with E-state index in [-0.39, 0.29) is 13.3 Å². The first-order chi connectivity index (χ1) is 19.4. The molecule has 0 bridgehead atoms. The number of nitrogens with one attached hydrogen (secondary N) is 3. The van der Waals surface area contributed by atoms with E-state index in [9.17, 15) is 0 Å². The number of rotatable bonds is 14. The normalized spacial score (nSPS) is 7.45. The van der Waals surface area contributed by atoms with Crippen LogP contribution in [0.1, 0.15) is 19.3 Å². The number of hydrogen-bond acceptors (Lipinski definition) is 13. The highest BCUT2D eigenvalue weighted by Gasteiger charge is 2.03. The predicted octanol–water partition coefficient (Wildman–Crippen LogP) is -0.347. The lowest BCUT2D eigenvalue weighted by atomic mass is 10.3. The zero-order chi connectivity index (χ0) is 32.0. The monoisotopic (exact) mass is 555 g/mol. The van der Waals surface area contributed by atoms with Crippen LogP contribution in [0, 0.1) is 69.8 Å². The quantitative estimate of drug-likeness (QED) is 0.0625. The van der Waals surface area contributed by atoms with Crippen LogP contribution in [0.4, 0.5) is 0 Å². The largest absolute Gasteiger partial charge is 0.319 e. The maximum atomic E-state index is 8.45. The van der Waals surface area contributed by atoms with E-state index in [1.807, 2.05) is 11.0 Å². The van der Waals surface area contributed by atoms with E-state index in [1.165, 1.54) is 12.2 Å². The molecule has 11 N–H and O–H groups in total. The van der Waals surface area contributed by atoms with Crippen LogP contribution < -0.4 is 38.9 Å². The van der Waals surface area contributed by atoms with Crippen LogP contribution in [0.25, 0.3) is 9.69 Å². The summed E-state index contributed by atoms with van der Waals surface area (Å²) in [6.07, 6.45) is 3.83. The molecule has 15 heteroatoms. The van der Waals surface area contributed by atoms with E-state index < -0.39 is 0 Å². The van der Waals surface area contributed by atoms with Gasteiger partial charge in [0, 0.05) is 77.7 Å². The average molecular weight is 556 g/mol. The molecule has 0 aliphatic heterocycles. The molecule has 0 radical (unpaired) electrons. The summed E-state index contributed by atoms with van der Waals surface area (Å²) >= 11 is 0. The van der Waals surface area contributed by atoms with Crippen LogP contribution >= 0.6 is 0 Å². The summed E-state index contributed by atoms with van der Waals surface area (Å²) in [6.45, 7) is 25.5. The first kappa shape index (κ1) is 48.6. The van der Waals surface area contributed by atoms with Gasteiger partial charge in [0.1, 0.15) is 0 Å². The highest BCUT2D eigenvalue weighted by Crippen LogP contribution is 1.91. The summed E-state index contributed by atoms with van der Waals surface area (Å²) < 4.78 is 0. The van der Waals surface area contributed by atoms with Crippen LogP contribution in [-0.2, 0) is 0 Å². The van der Waals surface area contributed by atoms with Gasteiger partial charge in [-0.15, -0.1) is 0 Å². The van der Waals surface area contributed by atoms with Crippen molar-refractivity contribution in [3.05, 3.63) is 48.1 Å². The maximum absolute atomic E-state index is 8.45. The molecule has 0 rings (SSSR count). The van der Waals surface area contributed by atoms with Crippen molar-refractivity contribution < 1.29 is 0 Å². The summed E-state index contributed by atoms with van der Waals surface area (Å²) in [5.74, 6) is 0. The molecule has 0 aromatic heterocycles. The topological polar surface area (TPSA) is 271 Å². The van der Waals surface area contributed by atoms with E-state index in [4.69, 9.17) is 39.5 Å². The van der Waals surface area contributed by atoms with Gasteiger partial charge in [0.05, 0.1) is 43.4 Å². The summed E-state index contributed by atoms with van der Waals surface area (Å²) in [5, 5.41) is 49.2. The molecule has 40 heavy (non-hydrogen) atoms. The Morgan fingerprint density at radius 2 is 1.02 bits per heavy atom. The molecule has 0 spiro atoms. The van der Waals surface area contributed by atoms with Crippen molar-refractivity contribution >= 4 is 0 Å². The molecule has 15 nitrogen and oxygen atoms in total. The van der Waals surface area contributed by atoms with Gasteiger partial charge in [0.25, 0.3) is 0 Å². The SMILES string of the molecule is C=CC#N.C=CC#N.NCN.NCN.[C-]#[N+]CCNCN(CCC#N)CCC#N.[C-]#[N+]CCNCNCCC#N. The molecule has 0 unspecified atom stereocenters. The molecule has 0 atom stereocenters. The van der Waals surface area contributed by atoms with Gasteiger partial charge in [0.2, 0.25) is 13.1 Å². The minimum absolute atomic E-state index is 0.250. The van der Waals surface area contributed by atoms with Crippen molar-refractivity contribution in [3.8, 4) is 30.3 Å². The molecular weight excluding hydrogens is 510 g/mol. The second-order valence-electron chi connectivity index (χ2n) is 6.08. The zero-order valence-corrected chi connectivity index (χ0v) is 23.4. The Kier molecular flexibility index (Phi) is 78.5. The Morgan fingerprint density at radius 1 is 0.675 bits per heavy atom. The minimum atomic E-state index is 0.250. The smallest absolute Gasteiger partial charge is 0.227 e. The van der Waals surface area contributed by atoms with Gasteiger partial charge < -0.3 is 37.9 Å². The standard InChI is InChI=1S/C10H15N5.C7H12N4.2C3H3N.2CH6N2/c1-13-6-7-14-10-15(8-2-4-11)9-3-5-12;1-9-5-6-11-7-10-4-2-3-8;2*1-2-3-4;2*2-1-3/h14H,2-3,6-10H2;10-11H,2,4-7H2;2*2H,1H2;2*1-3H2. The third-order valence-electron chi connectivity index (χ3n) is 3.06. The molecule has 0 aliphatic rings.